The summed E-state index contributed by atoms with van der Waals surface area (Å²) >= 11 is 6.85. The van der Waals surface area contributed by atoms with E-state index in [1.54, 1.807) is 24.5 Å². The number of aryl methyl sites for hydroxylation is 2. The van der Waals surface area contributed by atoms with Crippen LogP contribution in [0.2, 0.25) is 5.02 Å². The molecule has 420 valence electrons. The van der Waals surface area contributed by atoms with E-state index in [0.717, 1.165) is 56.8 Å². The summed E-state index contributed by atoms with van der Waals surface area (Å²) in [6.07, 6.45) is 5.05. The molecule has 2 aromatic carbocycles. The Morgan fingerprint density at radius 3 is 1.74 bits per heavy atom. The molecule has 0 aliphatic heterocycles. The molecule has 22 nitrogen and oxygen atoms in total. The number of hydrogen-bond donors (Lipinski definition) is 4. The minimum absolute atomic E-state index is 0.0236. The highest BCUT2D eigenvalue weighted by atomic mass is 35.5. The predicted octanol–water partition coefficient (Wildman–Crippen LogP) is 10.2. The first kappa shape index (κ1) is 55.9. The number of fused-ring (bicyclic) bond motifs is 2. The fourth-order valence-electron chi connectivity index (χ4n) is 10.00. The first-order valence-electron chi connectivity index (χ1n) is 26.4. The number of nitrogens with zero attached hydrogens (tertiary/aromatic N) is 12. The predicted molar refractivity (Wildman–Crippen MR) is 305 cm³/mol. The van der Waals surface area contributed by atoms with Gasteiger partial charge in [-0.05, 0) is 101 Å². The van der Waals surface area contributed by atoms with E-state index < -0.39 is 27.1 Å². The zero-order valence-electron chi connectivity index (χ0n) is 47.6. The smallest absolute Gasteiger partial charge is 0.315 e. The Bertz CT molecular complexity index is 4220. The fraction of sp³-hybridized carbons (Fsp3) is 0.368. The molecule has 8 aromatic heterocycles. The Morgan fingerprint density at radius 1 is 0.667 bits per heavy atom. The number of H-pyrrole nitrogens is 2. The molecular formula is C57H63ClN16O6S. The van der Waals surface area contributed by atoms with Crippen LogP contribution in [0.5, 0.6) is 0 Å². The van der Waals surface area contributed by atoms with Crippen LogP contribution in [0.1, 0.15) is 147 Å². The van der Waals surface area contributed by atoms with Crippen molar-refractivity contribution in [3.63, 3.8) is 0 Å². The maximum absolute atomic E-state index is 13.7. The zero-order valence-corrected chi connectivity index (χ0v) is 49.1. The van der Waals surface area contributed by atoms with Crippen LogP contribution >= 0.6 is 11.6 Å². The summed E-state index contributed by atoms with van der Waals surface area (Å²) < 4.78 is 41.8. The van der Waals surface area contributed by atoms with Crippen LogP contribution in [0.15, 0.2) is 68.8 Å². The number of halogens is 1. The molecular weight excluding hydrogens is 1070 g/mol. The molecule has 0 aliphatic rings. The third-order valence-corrected chi connectivity index (χ3v) is 15.6. The van der Waals surface area contributed by atoms with Crippen LogP contribution in [-0.4, -0.2) is 96.2 Å². The van der Waals surface area contributed by atoms with Gasteiger partial charge in [0, 0.05) is 76.1 Å². The summed E-state index contributed by atoms with van der Waals surface area (Å²) in [4.78, 5) is 61.5. The molecule has 8 heterocycles. The maximum atomic E-state index is 13.7. The summed E-state index contributed by atoms with van der Waals surface area (Å²) in [6, 6.07) is 12.5. The van der Waals surface area contributed by atoms with Crippen LogP contribution < -0.4 is 10.6 Å². The lowest BCUT2D eigenvalue weighted by molar-refractivity contribution is 0.0899. The molecule has 0 fully saturated rings. The Kier molecular flexibility index (Phi) is 14.4. The lowest BCUT2D eigenvalue weighted by Crippen LogP contribution is -2.24. The van der Waals surface area contributed by atoms with Crippen molar-refractivity contribution in [2.75, 3.05) is 6.26 Å². The highest BCUT2D eigenvalue weighted by molar-refractivity contribution is 7.90. The van der Waals surface area contributed by atoms with Gasteiger partial charge in [0.2, 0.25) is 0 Å². The van der Waals surface area contributed by atoms with Crippen LogP contribution in [0, 0.1) is 27.7 Å². The van der Waals surface area contributed by atoms with E-state index in [9.17, 15) is 18.0 Å². The molecule has 0 spiro atoms. The van der Waals surface area contributed by atoms with E-state index in [4.69, 9.17) is 45.8 Å². The lowest BCUT2D eigenvalue weighted by Gasteiger charge is -2.18. The molecule has 81 heavy (non-hydrogen) atoms. The molecule has 0 saturated carbocycles. The van der Waals surface area contributed by atoms with Crippen molar-refractivity contribution in [2.45, 2.75) is 137 Å². The van der Waals surface area contributed by atoms with Crippen LogP contribution in [0.4, 0.5) is 0 Å². The number of amides is 2. The Balaban J connectivity index is 0.967. The molecule has 10 aromatic rings. The van der Waals surface area contributed by atoms with Gasteiger partial charge in [0.1, 0.15) is 22.7 Å². The largest absolute Gasteiger partial charge is 0.344 e. The number of aromatic nitrogens is 14. The number of imidazole rings is 2. The minimum atomic E-state index is -3.87. The summed E-state index contributed by atoms with van der Waals surface area (Å²) in [5.74, 6) is 0.467. The second kappa shape index (κ2) is 20.9. The van der Waals surface area contributed by atoms with Crippen molar-refractivity contribution in [1.29, 1.82) is 0 Å². The summed E-state index contributed by atoms with van der Waals surface area (Å²) in [6.45, 7) is 25.6. The van der Waals surface area contributed by atoms with Crippen LogP contribution in [0.25, 0.3) is 67.4 Å². The number of benzene rings is 2. The molecule has 0 bridgehead atoms. The summed E-state index contributed by atoms with van der Waals surface area (Å²) in [5, 5.41) is 23.8. The molecule has 0 radical (unpaired) electrons. The average molecular weight is 1140 g/mol. The second-order valence-corrected chi connectivity index (χ2v) is 25.2. The van der Waals surface area contributed by atoms with Gasteiger partial charge in [-0.15, -0.1) is 0 Å². The number of hydrogen-bond acceptors (Lipinski definition) is 16. The number of carbonyl (C=O) groups excluding carboxylic acids is 2. The zero-order chi connectivity index (χ0) is 58.2. The van der Waals surface area contributed by atoms with Crippen molar-refractivity contribution in [3.8, 4) is 45.0 Å². The van der Waals surface area contributed by atoms with E-state index >= 15 is 0 Å². The van der Waals surface area contributed by atoms with Gasteiger partial charge in [-0.1, -0.05) is 87.7 Å². The first-order valence-corrected chi connectivity index (χ1v) is 28.6. The van der Waals surface area contributed by atoms with Gasteiger partial charge in [-0.2, -0.15) is 20.2 Å². The van der Waals surface area contributed by atoms with Gasteiger partial charge in [0.05, 0.1) is 33.5 Å². The number of rotatable bonds is 15. The third-order valence-electron chi connectivity index (χ3n) is 14.1. The van der Waals surface area contributed by atoms with Gasteiger partial charge >= 0.3 is 23.6 Å². The maximum Gasteiger partial charge on any atom is 0.315 e. The van der Waals surface area contributed by atoms with Gasteiger partial charge in [0.25, 0.3) is 0 Å². The Morgan fingerprint density at radius 2 is 1.20 bits per heavy atom. The minimum Gasteiger partial charge on any atom is -0.344 e. The molecule has 2 amide bonds. The Labute approximate surface area is 472 Å². The molecule has 10 rings (SSSR count). The summed E-state index contributed by atoms with van der Waals surface area (Å²) in [5.41, 5.74) is 11.0. The van der Waals surface area contributed by atoms with E-state index in [2.05, 4.69) is 66.6 Å². The van der Waals surface area contributed by atoms with Crippen LogP contribution in [-0.2, 0) is 40.2 Å². The average Bonchev–Trinajstić information content (AvgIpc) is 4.49. The van der Waals surface area contributed by atoms with E-state index in [0.29, 0.717) is 79.3 Å². The van der Waals surface area contributed by atoms with Gasteiger partial charge in [-0.25, -0.2) is 28.4 Å². The third kappa shape index (κ3) is 10.9. The monoisotopic (exact) mass is 1130 g/mol. The standard InChI is InChI=1S/C57H63ClN16O6S/c1-27(2)73-31(6)41(29(4)69-73)47-64-45-43(34-16-18-36(40(23-34)81(14,77)78)25-62-51(76)53-68-55(72-80-53)57(11,12)13)37(26-60-49(45)66-47)21-28(3)74-32(7)42(30(5)70-74)46-63-44-38(19-20-59-48(44)65-46)33-15-17-35(39(58)22-33)24-61-50(75)52-67-54(71-79-52)56(8,9)10/h15-20,22-23,26-28H,21,24-25H2,1-14H3,(H,61,75)(H,62,76)(H,59,63,65)(H,60,64,66). The molecule has 1 unspecified atom stereocenters. The van der Waals surface area contributed by atoms with Crippen LogP contribution in [0.3, 0.4) is 0 Å². The number of carbonyl (C=O) groups is 2. The van der Waals surface area contributed by atoms with Gasteiger partial charge in [0.15, 0.2) is 32.8 Å². The fourth-order valence-corrected chi connectivity index (χ4v) is 11.2. The molecule has 0 aliphatic carbocycles. The van der Waals surface area contributed by atoms with Crippen molar-refractivity contribution in [2.24, 2.45) is 0 Å². The number of nitrogens with one attached hydrogen (secondary N) is 4. The number of pyridine rings is 2. The second-order valence-electron chi connectivity index (χ2n) is 22.8. The van der Waals surface area contributed by atoms with Gasteiger partial charge < -0.3 is 29.6 Å². The topological polar surface area (TPSA) is 289 Å². The van der Waals surface area contributed by atoms with Crippen molar-refractivity contribution < 1.29 is 27.1 Å². The molecule has 1 atom stereocenters. The molecule has 24 heteroatoms. The highest BCUT2D eigenvalue weighted by Crippen LogP contribution is 2.39. The number of sulfone groups is 1. The van der Waals surface area contributed by atoms with E-state index in [1.165, 1.54) is 0 Å². The van der Waals surface area contributed by atoms with E-state index in [1.807, 2.05) is 109 Å². The van der Waals surface area contributed by atoms with Crippen molar-refractivity contribution in [3.05, 3.63) is 123 Å². The molecule has 4 N–H and O–H groups in total. The van der Waals surface area contributed by atoms with Gasteiger partial charge in [-0.3, -0.25) is 19.0 Å². The first-order chi connectivity index (χ1) is 38.2. The normalized spacial score (nSPS) is 12.8. The lowest BCUT2D eigenvalue weighted by atomic mass is 9.95. The highest BCUT2D eigenvalue weighted by Gasteiger charge is 2.29. The Hall–Kier alpha value is -8.44. The van der Waals surface area contributed by atoms with E-state index in [-0.39, 0.29) is 47.3 Å². The van der Waals surface area contributed by atoms with Crippen molar-refractivity contribution >= 4 is 55.6 Å². The quantitative estimate of drug-likeness (QED) is 0.0742. The SMILES string of the molecule is Cc1nn(C(C)C)c(C)c1-c1nc2c(-c3ccc(CNC(=O)c4nc(C(C)(C)C)no4)c(S(C)(=O)=O)c3)c(CC(C)n3nc(C)c(-c4nc5c(-c6ccc(CNC(=O)c7nc(C(C)(C)C)no7)c(Cl)c6)ccnc5[nH]4)c3C)cnc2[nH]1. The van der Waals surface area contributed by atoms with Crippen molar-refractivity contribution in [1.82, 2.24) is 80.4 Å². The number of aromatic amines is 2. The summed E-state index contributed by atoms with van der Waals surface area (Å²) in [7, 11) is -3.87. The molecule has 0 saturated heterocycles.